The number of ether oxygens (including phenoxy) is 2. The fourth-order valence-corrected chi connectivity index (χ4v) is 6.51. The molecule has 6 heteroatoms. The topological polar surface area (TPSA) is 76.1 Å². The molecule has 1 N–H and O–H groups in total. The lowest BCUT2D eigenvalue weighted by Gasteiger charge is -2.59. The number of rotatable bonds is 7. The summed E-state index contributed by atoms with van der Waals surface area (Å²) in [7, 11) is 2.97. The van der Waals surface area contributed by atoms with E-state index in [1.807, 2.05) is 6.07 Å². The number of likely N-dealkylation sites (tertiary alicyclic amines) is 1. The molecule has 2 aliphatic carbocycles. The van der Waals surface area contributed by atoms with Gasteiger partial charge in [-0.2, -0.15) is 0 Å². The molecule has 0 aromatic heterocycles. The van der Waals surface area contributed by atoms with E-state index in [9.17, 15) is 14.7 Å². The fourth-order valence-electron chi connectivity index (χ4n) is 6.51. The molecule has 1 saturated carbocycles. The fraction of sp³-hybridized carbons (Fsp3) is 0.680. The van der Waals surface area contributed by atoms with Gasteiger partial charge in [-0.3, -0.25) is 14.5 Å². The van der Waals surface area contributed by atoms with Crippen molar-refractivity contribution >= 4 is 11.8 Å². The minimum Gasteiger partial charge on any atom is -0.504 e. The van der Waals surface area contributed by atoms with Crippen LogP contribution in [0.15, 0.2) is 6.07 Å². The van der Waals surface area contributed by atoms with Crippen LogP contribution in [0.2, 0.25) is 0 Å². The lowest BCUT2D eigenvalue weighted by atomic mass is 9.51. The van der Waals surface area contributed by atoms with Crippen molar-refractivity contribution in [2.75, 3.05) is 27.3 Å². The molecule has 3 atom stereocenters. The summed E-state index contributed by atoms with van der Waals surface area (Å²) < 4.78 is 10.4. The lowest BCUT2D eigenvalue weighted by molar-refractivity contribution is -0.140. The second-order valence-electron chi connectivity index (χ2n) is 9.44. The van der Waals surface area contributed by atoms with Crippen molar-refractivity contribution in [2.24, 2.45) is 5.92 Å². The Balaban J connectivity index is 1.84. The van der Waals surface area contributed by atoms with Crippen LogP contribution in [0.5, 0.6) is 11.5 Å². The number of benzene rings is 1. The lowest BCUT2D eigenvalue weighted by Crippen LogP contribution is -2.62. The van der Waals surface area contributed by atoms with E-state index in [-0.39, 0.29) is 23.6 Å². The van der Waals surface area contributed by atoms with E-state index in [0.29, 0.717) is 42.8 Å². The van der Waals surface area contributed by atoms with Gasteiger partial charge in [0.25, 0.3) is 0 Å². The summed E-state index contributed by atoms with van der Waals surface area (Å²) in [5.74, 6) is 1.05. The summed E-state index contributed by atoms with van der Waals surface area (Å²) in [4.78, 5) is 27.2. The van der Waals surface area contributed by atoms with Crippen molar-refractivity contribution in [3.63, 3.8) is 0 Å². The minimum absolute atomic E-state index is 0.194. The Hall–Kier alpha value is -2.08. The van der Waals surface area contributed by atoms with Gasteiger partial charge in [0.2, 0.25) is 0 Å². The van der Waals surface area contributed by atoms with Gasteiger partial charge in [-0.25, -0.2) is 0 Å². The molecule has 1 aromatic carbocycles. The molecular weight excluding hydrogens is 394 g/mol. The quantitative estimate of drug-likeness (QED) is 0.668. The summed E-state index contributed by atoms with van der Waals surface area (Å²) >= 11 is 0. The molecule has 4 rings (SSSR count). The highest BCUT2D eigenvalue weighted by Crippen LogP contribution is 2.59. The van der Waals surface area contributed by atoms with Crippen LogP contribution in [0, 0.1) is 5.92 Å². The first-order chi connectivity index (χ1) is 14.9. The van der Waals surface area contributed by atoms with Crippen LogP contribution < -0.4 is 4.74 Å². The van der Waals surface area contributed by atoms with Gasteiger partial charge in [-0.1, -0.05) is 13.3 Å². The molecule has 1 heterocycles. The molecule has 1 aliphatic heterocycles. The summed E-state index contributed by atoms with van der Waals surface area (Å²) in [6.45, 7) is 4.26. The van der Waals surface area contributed by atoms with Crippen molar-refractivity contribution in [2.45, 2.75) is 76.2 Å². The number of aromatic hydroxyl groups is 1. The summed E-state index contributed by atoms with van der Waals surface area (Å²) in [6.07, 6.45) is 6.93. The Kier molecular flexibility index (Phi) is 6.29. The van der Waals surface area contributed by atoms with Gasteiger partial charge in [0, 0.05) is 36.3 Å². The Morgan fingerprint density at radius 3 is 2.87 bits per heavy atom. The third kappa shape index (κ3) is 3.73. The molecule has 31 heavy (non-hydrogen) atoms. The van der Waals surface area contributed by atoms with Crippen LogP contribution in [0.3, 0.4) is 0 Å². The zero-order valence-corrected chi connectivity index (χ0v) is 19.0. The van der Waals surface area contributed by atoms with Crippen LogP contribution in [-0.4, -0.2) is 55.1 Å². The molecule has 3 aliphatic rings. The van der Waals surface area contributed by atoms with Crippen LogP contribution in [0.4, 0.5) is 0 Å². The van der Waals surface area contributed by atoms with Gasteiger partial charge >= 0.3 is 5.97 Å². The maximum absolute atomic E-state index is 12.7. The average molecular weight is 430 g/mol. The number of Topliss-reactive ketones (excluding diaryl/α,β-unsaturated/α-hetero) is 1. The molecule has 1 saturated heterocycles. The number of hydrogen-bond acceptors (Lipinski definition) is 6. The highest BCUT2D eigenvalue weighted by molar-refractivity contribution is 5.82. The van der Waals surface area contributed by atoms with Gasteiger partial charge in [0.1, 0.15) is 5.78 Å². The van der Waals surface area contributed by atoms with Crippen LogP contribution in [0.1, 0.15) is 68.6 Å². The first-order valence-electron chi connectivity index (χ1n) is 11.7. The second-order valence-corrected chi connectivity index (χ2v) is 9.44. The number of methoxy groups -OCH3 is 2. The van der Waals surface area contributed by atoms with Crippen LogP contribution in [-0.2, 0) is 32.6 Å². The number of carbonyl (C=O) groups excluding carboxylic acids is 2. The van der Waals surface area contributed by atoms with Gasteiger partial charge in [0.15, 0.2) is 11.5 Å². The molecule has 2 bridgehead atoms. The van der Waals surface area contributed by atoms with E-state index in [0.717, 1.165) is 55.5 Å². The number of phenols is 1. The standard InChI is InChI=1S/C25H35NO5/c1-4-5-11-26-12-10-25-15-17(27)7-8-19(25)20(26)14-18-16(6-9-22(28)31-3)13-21(30-2)24(29)23(18)25/h13,19-20,29H,4-12,14-15H2,1-3H3/t19?,20?,25-/m1/s1. The molecule has 6 nitrogen and oxygen atoms in total. The molecule has 1 aromatic rings. The van der Waals surface area contributed by atoms with Crippen molar-refractivity contribution in [1.29, 1.82) is 0 Å². The third-order valence-electron chi connectivity index (χ3n) is 7.96. The van der Waals surface area contributed by atoms with Gasteiger partial charge in [-0.05, 0) is 68.3 Å². The molecule has 0 amide bonds. The van der Waals surface area contributed by atoms with Gasteiger partial charge in [0.05, 0.1) is 14.2 Å². The number of esters is 1. The molecule has 2 fully saturated rings. The average Bonchev–Trinajstić information content (AvgIpc) is 2.77. The molecular formula is C25H35NO5. The predicted molar refractivity (Wildman–Crippen MR) is 118 cm³/mol. The Morgan fingerprint density at radius 2 is 2.16 bits per heavy atom. The van der Waals surface area contributed by atoms with Crippen LogP contribution in [0.25, 0.3) is 0 Å². The zero-order chi connectivity index (χ0) is 22.2. The maximum Gasteiger partial charge on any atom is 0.305 e. The number of fused-ring (bicyclic) bond motifs is 1. The van der Waals surface area contributed by atoms with E-state index in [1.54, 1.807) is 7.11 Å². The predicted octanol–water partition coefficient (Wildman–Crippen LogP) is 3.54. The highest BCUT2D eigenvalue weighted by Gasteiger charge is 2.57. The van der Waals surface area contributed by atoms with E-state index in [1.165, 1.54) is 13.5 Å². The number of aryl methyl sites for hydroxylation is 1. The first kappa shape index (κ1) is 22.1. The molecule has 170 valence electrons. The van der Waals surface area contributed by atoms with Gasteiger partial charge < -0.3 is 14.6 Å². The monoisotopic (exact) mass is 429 g/mol. The minimum atomic E-state index is -0.324. The van der Waals surface area contributed by atoms with E-state index >= 15 is 0 Å². The molecule has 0 radical (unpaired) electrons. The number of nitrogens with zero attached hydrogens (tertiary/aromatic N) is 1. The first-order valence-corrected chi connectivity index (χ1v) is 11.7. The Bertz CT molecular complexity index is 866. The van der Waals surface area contributed by atoms with E-state index in [2.05, 4.69) is 11.8 Å². The number of piperidine rings is 1. The van der Waals surface area contributed by atoms with Crippen molar-refractivity contribution in [3.05, 3.63) is 22.8 Å². The Labute approximate surface area is 184 Å². The smallest absolute Gasteiger partial charge is 0.305 e. The van der Waals surface area contributed by atoms with E-state index in [4.69, 9.17) is 9.47 Å². The summed E-state index contributed by atoms with van der Waals surface area (Å²) in [5.41, 5.74) is 2.76. The zero-order valence-electron chi connectivity index (χ0n) is 19.0. The SMILES string of the molecule is CCCCN1CC[C@@]23CC(=O)CCC2C1Cc1c(CCC(=O)OC)cc(OC)c(O)c13. The van der Waals surface area contributed by atoms with Crippen molar-refractivity contribution in [3.8, 4) is 11.5 Å². The largest absolute Gasteiger partial charge is 0.504 e. The summed E-state index contributed by atoms with van der Waals surface area (Å²) in [5, 5.41) is 11.3. The number of hydrogen-bond donors (Lipinski definition) is 1. The maximum atomic E-state index is 12.7. The number of ketones is 1. The van der Waals surface area contributed by atoms with Gasteiger partial charge in [-0.15, -0.1) is 0 Å². The number of carbonyl (C=O) groups is 2. The van der Waals surface area contributed by atoms with Crippen molar-refractivity contribution < 1.29 is 24.2 Å². The molecule has 2 unspecified atom stereocenters. The van der Waals surface area contributed by atoms with Crippen LogP contribution >= 0.6 is 0 Å². The summed E-state index contributed by atoms with van der Waals surface area (Å²) in [6, 6.07) is 2.26. The second kappa shape index (κ2) is 8.81. The van der Waals surface area contributed by atoms with E-state index < -0.39 is 0 Å². The third-order valence-corrected chi connectivity index (χ3v) is 7.96. The molecule has 0 spiro atoms. The highest BCUT2D eigenvalue weighted by atomic mass is 16.5. The Morgan fingerprint density at radius 1 is 1.35 bits per heavy atom. The van der Waals surface area contributed by atoms with Crippen molar-refractivity contribution in [1.82, 2.24) is 4.90 Å². The number of unbranched alkanes of at least 4 members (excludes halogenated alkanes) is 1. The number of phenolic OH excluding ortho intramolecular Hbond substituents is 1. The normalized spacial score (nSPS) is 27.4.